The van der Waals surface area contributed by atoms with E-state index in [2.05, 4.69) is 39.2 Å². The summed E-state index contributed by atoms with van der Waals surface area (Å²) < 4.78 is 2.12. The zero-order chi connectivity index (χ0) is 17.2. The molecule has 5 heteroatoms. The van der Waals surface area contributed by atoms with E-state index in [1.165, 1.54) is 24.1 Å². The molecule has 0 radical (unpaired) electrons. The number of aromatic nitrogens is 2. The minimum atomic E-state index is -0.0325. The molecule has 1 aliphatic carbocycles. The molecule has 1 fully saturated rings. The number of rotatable bonds is 6. The van der Waals surface area contributed by atoms with Gasteiger partial charge in [0.05, 0.1) is 0 Å². The molecule has 2 aliphatic rings. The molecule has 1 amide bonds. The summed E-state index contributed by atoms with van der Waals surface area (Å²) in [4.78, 5) is 14.9. The predicted octanol–water partition coefficient (Wildman–Crippen LogP) is 2.60. The molecule has 2 heterocycles. The first-order valence-electron chi connectivity index (χ1n) is 9.37. The van der Waals surface area contributed by atoms with Crippen LogP contribution in [0.1, 0.15) is 47.1 Å². The molecule has 1 aromatic carbocycles. The normalized spacial score (nSPS) is 17.3. The molecule has 4 rings (SSSR count). The Bertz CT molecular complexity index is 749. The van der Waals surface area contributed by atoms with Crippen LogP contribution in [-0.2, 0) is 26.1 Å². The van der Waals surface area contributed by atoms with E-state index in [4.69, 9.17) is 5.10 Å². The minimum absolute atomic E-state index is 0.0325. The largest absolute Gasteiger partial charge is 0.351 e. The molecule has 1 N–H and O–H groups in total. The Balaban J connectivity index is 1.58. The van der Waals surface area contributed by atoms with Gasteiger partial charge in [0.15, 0.2) is 5.69 Å². The molecule has 132 valence electrons. The van der Waals surface area contributed by atoms with E-state index in [9.17, 15) is 4.79 Å². The van der Waals surface area contributed by atoms with E-state index < -0.39 is 0 Å². The Kier molecular flexibility index (Phi) is 4.57. The highest BCUT2D eigenvalue weighted by Gasteiger charge is 2.30. The Morgan fingerprint density at radius 3 is 2.80 bits per heavy atom. The van der Waals surface area contributed by atoms with Crippen LogP contribution in [-0.4, -0.2) is 33.7 Å². The number of carbonyl (C=O) groups is 1. The minimum Gasteiger partial charge on any atom is -0.351 e. The molecule has 0 unspecified atom stereocenters. The smallest absolute Gasteiger partial charge is 0.272 e. The van der Waals surface area contributed by atoms with E-state index >= 15 is 0 Å². The van der Waals surface area contributed by atoms with E-state index in [-0.39, 0.29) is 5.91 Å². The van der Waals surface area contributed by atoms with Gasteiger partial charge in [-0.15, -0.1) is 0 Å². The van der Waals surface area contributed by atoms with Crippen molar-refractivity contribution in [3.8, 4) is 0 Å². The lowest BCUT2D eigenvalue weighted by Crippen LogP contribution is -2.32. The van der Waals surface area contributed by atoms with Crippen molar-refractivity contribution in [2.45, 2.75) is 45.8 Å². The number of hydrogen-bond donors (Lipinski definition) is 1. The maximum absolute atomic E-state index is 12.5. The number of nitrogens with one attached hydrogen (secondary N) is 1. The summed E-state index contributed by atoms with van der Waals surface area (Å²) in [5.41, 5.74) is 4.36. The molecule has 5 nitrogen and oxygen atoms in total. The lowest BCUT2D eigenvalue weighted by molar-refractivity contribution is 0.0947. The molecular formula is C20H26N4O. The SMILES string of the molecule is CCNC(=O)c1nn(CC2CC2)c2c1CN(Cc1ccccc1)CC2. The zero-order valence-corrected chi connectivity index (χ0v) is 14.9. The predicted molar refractivity (Wildman–Crippen MR) is 97.2 cm³/mol. The van der Waals surface area contributed by atoms with Crippen molar-refractivity contribution in [2.75, 3.05) is 13.1 Å². The van der Waals surface area contributed by atoms with Crippen molar-refractivity contribution >= 4 is 5.91 Å². The van der Waals surface area contributed by atoms with Crippen LogP contribution >= 0.6 is 0 Å². The molecule has 0 saturated heterocycles. The summed E-state index contributed by atoms with van der Waals surface area (Å²) in [6.07, 6.45) is 3.57. The summed E-state index contributed by atoms with van der Waals surface area (Å²) in [6, 6.07) is 10.5. The molecule has 2 aromatic rings. The Morgan fingerprint density at radius 1 is 1.28 bits per heavy atom. The zero-order valence-electron chi connectivity index (χ0n) is 14.9. The fourth-order valence-corrected chi connectivity index (χ4v) is 3.65. The average molecular weight is 338 g/mol. The van der Waals surface area contributed by atoms with Gasteiger partial charge in [0.2, 0.25) is 0 Å². The first-order valence-corrected chi connectivity index (χ1v) is 9.37. The molecular weight excluding hydrogens is 312 g/mol. The van der Waals surface area contributed by atoms with Gasteiger partial charge in [0, 0.05) is 50.4 Å². The lowest BCUT2D eigenvalue weighted by atomic mass is 10.0. The van der Waals surface area contributed by atoms with Gasteiger partial charge in [-0.25, -0.2) is 0 Å². The highest BCUT2D eigenvalue weighted by molar-refractivity contribution is 5.94. The standard InChI is InChI=1S/C20H26N4O/c1-2-21-20(25)19-17-14-23(12-15-6-4-3-5-7-15)11-10-18(17)24(22-19)13-16-8-9-16/h3-7,16H,2,8-14H2,1H3,(H,21,25). The molecule has 0 atom stereocenters. The van der Waals surface area contributed by atoms with Gasteiger partial charge in [-0.1, -0.05) is 30.3 Å². The average Bonchev–Trinajstić information content (AvgIpc) is 3.37. The third-order valence-electron chi connectivity index (χ3n) is 5.14. The van der Waals surface area contributed by atoms with Crippen LogP contribution in [0.4, 0.5) is 0 Å². The summed E-state index contributed by atoms with van der Waals surface area (Å²) in [5, 5.41) is 7.64. The molecule has 1 aliphatic heterocycles. The fraction of sp³-hybridized carbons (Fsp3) is 0.500. The van der Waals surface area contributed by atoms with Crippen LogP contribution in [0.2, 0.25) is 0 Å². The van der Waals surface area contributed by atoms with E-state index in [0.717, 1.165) is 44.1 Å². The maximum Gasteiger partial charge on any atom is 0.272 e. The van der Waals surface area contributed by atoms with Crippen molar-refractivity contribution in [1.29, 1.82) is 0 Å². The van der Waals surface area contributed by atoms with Gasteiger partial charge in [0.1, 0.15) is 0 Å². The molecule has 1 saturated carbocycles. The number of carbonyl (C=O) groups excluding carboxylic acids is 1. The van der Waals surface area contributed by atoms with Crippen LogP contribution in [0.25, 0.3) is 0 Å². The third kappa shape index (κ3) is 3.61. The van der Waals surface area contributed by atoms with Crippen LogP contribution in [0, 0.1) is 5.92 Å². The number of benzene rings is 1. The van der Waals surface area contributed by atoms with Gasteiger partial charge in [-0.05, 0) is 31.2 Å². The highest BCUT2D eigenvalue weighted by atomic mass is 16.1. The summed E-state index contributed by atoms with van der Waals surface area (Å²) in [6.45, 7) is 6.31. The van der Waals surface area contributed by atoms with Crippen LogP contribution < -0.4 is 5.32 Å². The second-order valence-corrected chi connectivity index (χ2v) is 7.21. The second-order valence-electron chi connectivity index (χ2n) is 7.21. The summed E-state index contributed by atoms with van der Waals surface area (Å²) >= 11 is 0. The molecule has 0 bridgehead atoms. The Morgan fingerprint density at radius 2 is 2.08 bits per heavy atom. The van der Waals surface area contributed by atoms with E-state index in [1.54, 1.807) is 0 Å². The van der Waals surface area contributed by atoms with Crippen LogP contribution in [0.15, 0.2) is 30.3 Å². The van der Waals surface area contributed by atoms with Crippen molar-refractivity contribution < 1.29 is 4.79 Å². The third-order valence-corrected chi connectivity index (χ3v) is 5.14. The number of hydrogen-bond acceptors (Lipinski definition) is 3. The molecule has 0 spiro atoms. The maximum atomic E-state index is 12.5. The van der Waals surface area contributed by atoms with Crippen molar-refractivity contribution in [2.24, 2.45) is 5.92 Å². The fourth-order valence-electron chi connectivity index (χ4n) is 3.65. The van der Waals surface area contributed by atoms with E-state index in [0.29, 0.717) is 12.2 Å². The number of nitrogens with zero attached hydrogens (tertiary/aromatic N) is 3. The van der Waals surface area contributed by atoms with Crippen LogP contribution in [0.3, 0.4) is 0 Å². The quantitative estimate of drug-likeness (QED) is 0.881. The monoisotopic (exact) mass is 338 g/mol. The van der Waals surface area contributed by atoms with Gasteiger partial charge in [0.25, 0.3) is 5.91 Å². The molecule has 1 aromatic heterocycles. The summed E-state index contributed by atoms with van der Waals surface area (Å²) in [5.74, 6) is 0.725. The first-order chi connectivity index (χ1) is 12.2. The lowest BCUT2D eigenvalue weighted by Gasteiger charge is -2.27. The van der Waals surface area contributed by atoms with Gasteiger partial charge in [-0.3, -0.25) is 14.4 Å². The van der Waals surface area contributed by atoms with E-state index in [1.807, 2.05) is 13.0 Å². The van der Waals surface area contributed by atoms with Gasteiger partial charge < -0.3 is 5.32 Å². The van der Waals surface area contributed by atoms with Gasteiger partial charge >= 0.3 is 0 Å². The number of amides is 1. The Labute approximate surface area is 149 Å². The highest BCUT2D eigenvalue weighted by Crippen LogP contribution is 2.32. The molecule has 25 heavy (non-hydrogen) atoms. The van der Waals surface area contributed by atoms with Crippen LogP contribution in [0.5, 0.6) is 0 Å². The first kappa shape index (κ1) is 16.3. The van der Waals surface area contributed by atoms with Crippen molar-refractivity contribution in [1.82, 2.24) is 20.0 Å². The second kappa shape index (κ2) is 7.00. The van der Waals surface area contributed by atoms with Gasteiger partial charge in [-0.2, -0.15) is 5.10 Å². The number of fused-ring (bicyclic) bond motifs is 1. The Hall–Kier alpha value is -2.14. The summed E-state index contributed by atoms with van der Waals surface area (Å²) in [7, 11) is 0. The van der Waals surface area contributed by atoms with Crippen molar-refractivity contribution in [3.05, 3.63) is 52.8 Å². The van der Waals surface area contributed by atoms with Crippen molar-refractivity contribution in [3.63, 3.8) is 0 Å². The topological polar surface area (TPSA) is 50.2 Å².